The summed E-state index contributed by atoms with van der Waals surface area (Å²) in [6, 6.07) is 7.30. The smallest absolute Gasteiger partial charge is 0.0446 e. The van der Waals surface area contributed by atoms with E-state index in [4.69, 9.17) is 0 Å². The van der Waals surface area contributed by atoms with Crippen molar-refractivity contribution in [3.63, 3.8) is 0 Å². The lowest BCUT2D eigenvalue weighted by atomic mass is 9.97. The molecule has 0 saturated carbocycles. The Morgan fingerprint density at radius 3 is 2.74 bits per heavy atom. The van der Waals surface area contributed by atoms with Gasteiger partial charge in [0.15, 0.2) is 0 Å². The maximum Gasteiger partial charge on any atom is 0.0446 e. The number of nitrogens with one attached hydrogen (secondary N) is 1. The van der Waals surface area contributed by atoms with E-state index in [1.807, 2.05) is 0 Å². The van der Waals surface area contributed by atoms with Crippen LogP contribution in [0.5, 0.6) is 0 Å². The molecule has 1 fully saturated rings. The maximum atomic E-state index is 3.49. The number of nitrogens with zero attached hydrogens (tertiary/aromatic N) is 1. The molecular weight excluding hydrogens is 232 g/mol. The molecule has 1 aliphatic rings. The molecule has 2 heteroatoms. The average Bonchev–Trinajstić information content (AvgIpc) is 2.39. The molecule has 0 radical (unpaired) electrons. The highest BCUT2D eigenvalue weighted by molar-refractivity contribution is 5.31. The summed E-state index contributed by atoms with van der Waals surface area (Å²) in [5.74, 6) is 0.853. The van der Waals surface area contributed by atoms with Crippen LogP contribution < -0.4 is 5.32 Å². The second-order valence-electron chi connectivity index (χ2n) is 6.19. The van der Waals surface area contributed by atoms with E-state index in [-0.39, 0.29) is 0 Å². The molecule has 106 valence electrons. The Morgan fingerprint density at radius 2 is 2.11 bits per heavy atom. The molecule has 19 heavy (non-hydrogen) atoms. The summed E-state index contributed by atoms with van der Waals surface area (Å²) in [4.78, 5) is 2.62. The lowest BCUT2D eigenvalue weighted by Gasteiger charge is -2.33. The Morgan fingerprint density at radius 1 is 1.32 bits per heavy atom. The van der Waals surface area contributed by atoms with E-state index in [0.717, 1.165) is 12.5 Å². The van der Waals surface area contributed by atoms with Gasteiger partial charge in [-0.15, -0.1) is 0 Å². The second kappa shape index (κ2) is 6.53. The molecule has 2 nitrogen and oxygen atoms in total. The monoisotopic (exact) mass is 260 g/mol. The summed E-state index contributed by atoms with van der Waals surface area (Å²) >= 11 is 0. The van der Waals surface area contributed by atoms with Crippen molar-refractivity contribution in [2.45, 2.75) is 39.7 Å². The maximum absolute atomic E-state index is 3.49. The third-order valence-corrected chi connectivity index (χ3v) is 4.46. The highest BCUT2D eigenvalue weighted by atomic mass is 15.2. The van der Waals surface area contributed by atoms with E-state index in [0.29, 0.717) is 6.04 Å². The molecule has 0 aromatic heterocycles. The van der Waals surface area contributed by atoms with Gasteiger partial charge in [0.1, 0.15) is 0 Å². The first kappa shape index (κ1) is 14.5. The van der Waals surface area contributed by atoms with Crippen LogP contribution >= 0.6 is 0 Å². The van der Waals surface area contributed by atoms with Crippen molar-refractivity contribution in [3.05, 3.63) is 34.9 Å². The minimum Gasteiger partial charge on any atom is -0.312 e. The fourth-order valence-corrected chi connectivity index (χ4v) is 3.06. The van der Waals surface area contributed by atoms with Gasteiger partial charge < -0.3 is 10.2 Å². The lowest BCUT2D eigenvalue weighted by molar-refractivity contribution is 0.169. The Balaban J connectivity index is 2.04. The normalized spacial score (nSPS) is 22.4. The van der Waals surface area contributed by atoms with Crippen molar-refractivity contribution in [2.24, 2.45) is 5.92 Å². The Kier molecular flexibility index (Phi) is 5.00. The average molecular weight is 260 g/mol. The Hall–Kier alpha value is -0.860. The highest BCUT2D eigenvalue weighted by Crippen LogP contribution is 2.21. The molecule has 0 bridgehead atoms. The zero-order valence-electron chi connectivity index (χ0n) is 12.9. The summed E-state index contributed by atoms with van der Waals surface area (Å²) in [7, 11) is 2.08. The highest BCUT2D eigenvalue weighted by Gasteiger charge is 2.20. The largest absolute Gasteiger partial charge is 0.312 e. The third-order valence-electron chi connectivity index (χ3n) is 4.46. The predicted octanol–water partition coefficient (Wildman–Crippen LogP) is 3.30. The zero-order chi connectivity index (χ0) is 13.8. The first-order valence-corrected chi connectivity index (χ1v) is 7.57. The van der Waals surface area contributed by atoms with Crippen molar-refractivity contribution >= 4 is 0 Å². The van der Waals surface area contributed by atoms with Gasteiger partial charge in [0.2, 0.25) is 0 Å². The van der Waals surface area contributed by atoms with Gasteiger partial charge in [-0.1, -0.05) is 25.1 Å². The number of benzene rings is 1. The van der Waals surface area contributed by atoms with Crippen LogP contribution in [-0.4, -0.2) is 31.6 Å². The van der Waals surface area contributed by atoms with Crippen LogP contribution in [0.4, 0.5) is 0 Å². The number of piperidine rings is 1. The van der Waals surface area contributed by atoms with Crippen LogP contribution in [-0.2, 0) is 0 Å². The molecule has 2 atom stereocenters. The SMILES string of the molecule is CNC(CN1CCCC(C)C1)c1ccc(C)c(C)c1. The third kappa shape index (κ3) is 3.80. The summed E-state index contributed by atoms with van der Waals surface area (Å²) in [6.45, 7) is 10.4. The number of aryl methyl sites for hydroxylation is 2. The van der Waals surface area contributed by atoms with Crippen LogP contribution in [0, 0.1) is 19.8 Å². The summed E-state index contributed by atoms with van der Waals surface area (Å²) in [5, 5.41) is 3.49. The minimum absolute atomic E-state index is 0.449. The molecule has 1 aromatic rings. The first-order chi connectivity index (χ1) is 9.10. The van der Waals surface area contributed by atoms with E-state index >= 15 is 0 Å². The summed E-state index contributed by atoms with van der Waals surface area (Å²) in [6.07, 6.45) is 2.74. The van der Waals surface area contributed by atoms with Crippen molar-refractivity contribution in [3.8, 4) is 0 Å². The second-order valence-corrected chi connectivity index (χ2v) is 6.19. The molecule has 1 aliphatic heterocycles. The zero-order valence-corrected chi connectivity index (χ0v) is 12.9. The number of likely N-dealkylation sites (tertiary alicyclic amines) is 1. The van der Waals surface area contributed by atoms with Crippen molar-refractivity contribution in [2.75, 3.05) is 26.7 Å². The van der Waals surface area contributed by atoms with Crippen molar-refractivity contribution in [1.29, 1.82) is 0 Å². The van der Waals surface area contributed by atoms with Crippen molar-refractivity contribution < 1.29 is 0 Å². The Bertz CT molecular complexity index is 414. The van der Waals surface area contributed by atoms with Crippen LogP contribution in [0.1, 0.15) is 42.5 Å². The first-order valence-electron chi connectivity index (χ1n) is 7.57. The Labute approximate surface area is 118 Å². The molecule has 0 aliphatic carbocycles. The summed E-state index contributed by atoms with van der Waals surface area (Å²) in [5.41, 5.74) is 4.19. The van der Waals surface area contributed by atoms with E-state index < -0.39 is 0 Å². The van der Waals surface area contributed by atoms with Crippen molar-refractivity contribution in [1.82, 2.24) is 10.2 Å². The standard InChI is InChI=1S/C17H28N2/c1-13-6-5-9-19(11-13)12-17(18-4)16-8-7-14(2)15(3)10-16/h7-8,10,13,17-18H,5-6,9,11-12H2,1-4H3. The van der Waals surface area contributed by atoms with Gasteiger partial charge >= 0.3 is 0 Å². The van der Waals surface area contributed by atoms with Gasteiger partial charge in [0, 0.05) is 19.1 Å². The molecule has 0 spiro atoms. The number of rotatable bonds is 4. The quantitative estimate of drug-likeness (QED) is 0.893. The topological polar surface area (TPSA) is 15.3 Å². The molecule has 1 saturated heterocycles. The van der Waals surface area contributed by atoms with Crippen LogP contribution in [0.2, 0.25) is 0 Å². The lowest BCUT2D eigenvalue weighted by Crippen LogP contribution is -2.39. The predicted molar refractivity (Wildman–Crippen MR) is 82.6 cm³/mol. The van der Waals surface area contributed by atoms with E-state index in [1.54, 1.807) is 0 Å². The molecule has 1 N–H and O–H groups in total. The van der Waals surface area contributed by atoms with E-state index in [1.165, 1.54) is 42.6 Å². The molecular formula is C17H28N2. The molecule has 2 rings (SSSR count). The van der Waals surface area contributed by atoms with E-state index in [2.05, 4.69) is 56.2 Å². The number of likely N-dealkylation sites (N-methyl/N-ethyl adjacent to an activating group) is 1. The number of hydrogen-bond donors (Lipinski definition) is 1. The van der Waals surface area contributed by atoms with Gasteiger partial charge in [0.25, 0.3) is 0 Å². The molecule has 2 unspecified atom stereocenters. The molecule has 0 amide bonds. The van der Waals surface area contributed by atoms with Gasteiger partial charge in [-0.05, 0) is 62.9 Å². The van der Waals surface area contributed by atoms with Gasteiger partial charge in [-0.2, -0.15) is 0 Å². The van der Waals surface area contributed by atoms with Crippen LogP contribution in [0.25, 0.3) is 0 Å². The fraction of sp³-hybridized carbons (Fsp3) is 0.647. The van der Waals surface area contributed by atoms with Crippen LogP contribution in [0.3, 0.4) is 0 Å². The summed E-state index contributed by atoms with van der Waals surface area (Å²) < 4.78 is 0. The van der Waals surface area contributed by atoms with Crippen LogP contribution in [0.15, 0.2) is 18.2 Å². The van der Waals surface area contributed by atoms with E-state index in [9.17, 15) is 0 Å². The molecule has 1 heterocycles. The minimum atomic E-state index is 0.449. The van der Waals surface area contributed by atoms with Gasteiger partial charge in [-0.25, -0.2) is 0 Å². The van der Waals surface area contributed by atoms with Gasteiger partial charge in [-0.3, -0.25) is 0 Å². The van der Waals surface area contributed by atoms with Gasteiger partial charge in [0.05, 0.1) is 0 Å². The molecule has 1 aromatic carbocycles. The number of hydrogen-bond acceptors (Lipinski definition) is 2. The fourth-order valence-electron chi connectivity index (χ4n) is 3.06.